The predicted molar refractivity (Wildman–Crippen MR) is 106 cm³/mol. The molecule has 0 aliphatic heterocycles. The summed E-state index contributed by atoms with van der Waals surface area (Å²) in [5.41, 5.74) is -0.143. The first-order valence-electron chi connectivity index (χ1n) is 8.38. The van der Waals surface area contributed by atoms with Gasteiger partial charge in [-0.15, -0.1) is 0 Å². The molecule has 2 atom stereocenters. The van der Waals surface area contributed by atoms with E-state index < -0.39 is 44.7 Å². The molecular weight excluding hydrogens is 401 g/mol. The quantitative estimate of drug-likeness (QED) is 0.266. The molecule has 2 aromatic carbocycles. The van der Waals surface area contributed by atoms with E-state index in [0.29, 0.717) is 0 Å². The van der Waals surface area contributed by atoms with Gasteiger partial charge in [0.1, 0.15) is 5.92 Å². The molecule has 142 valence electrons. The molecule has 0 amide bonds. The summed E-state index contributed by atoms with van der Waals surface area (Å²) in [5, 5.41) is 1.96. The molecule has 0 bridgehead atoms. The summed E-state index contributed by atoms with van der Waals surface area (Å²) in [5.74, 6) is -4.78. The van der Waals surface area contributed by atoms with Gasteiger partial charge in [-0.25, -0.2) is 0 Å². The van der Waals surface area contributed by atoms with Crippen molar-refractivity contribution in [1.29, 1.82) is 0 Å². The molecule has 1 aliphatic carbocycles. The largest absolute Gasteiger partial charge is 0.294 e. The number of Topliss-reactive ketones (excluding diaryl/α,β-unsaturated/α-hetero) is 4. The second kappa shape index (κ2) is 7.80. The Morgan fingerprint density at radius 2 is 1.43 bits per heavy atom. The Morgan fingerprint density at radius 1 is 0.929 bits per heavy atom. The Bertz CT molecular complexity index is 1000. The van der Waals surface area contributed by atoms with Gasteiger partial charge in [0.15, 0.2) is 22.3 Å². The van der Waals surface area contributed by atoms with Gasteiger partial charge in [-0.2, -0.15) is 0 Å². The Labute approximate surface area is 171 Å². The lowest BCUT2D eigenvalue weighted by atomic mass is 9.76. The van der Waals surface area contributed by atoms with Gasteiger partial charge < -0.3 is 0 Å². The molecule has 28 heavy (non-hydrogen) atoms. The molecule has 2 unspecified atom stereocenters. The average molecular weight is 416 g/mol. The van der Waals surface area contributed by atoms with Crippen LogP contribution in [0.2, 0.25) is 0 Å². The number of carbonyl (C=O) groups excluding carboxylic acids is 4. The van der Waals surface area contributed by atoms with Gasteiger partial charge in [0, 0.05) is 11.1 Å². The van der Waals surface area contributed by atoms with Crippen molar-refractivity contribution >= 4 is 46.3 Å². The Balaban J connectivity index is 2.13. The Kier molecular flexibility index (Phi) is 5.61. The molecule has 2 aromatic rings. The van der Waals surface area contributed by atoms with Crippen molar-refractivity contribution in [3.63, 3.8) is 0 Å². The number of nitrogens with one attached hydrogen (secondary N) is 1. The Hall–Kier alpha value is -2.60. The first-order valence-corrected chi connectivity index (χ1v) is 9.14. The van der Waals surface area contributed by atoms with E-state index in [4.69, 9.17) is 23.2 Å². The second-order valence-corrected chi connectivity index (χ2v) is 7.18. The average Bonchev–Trinajstić information content (AvgIpc) is 2.73. The maximum absolute atomic E-state index is 13.1. The lowest BCUT2D eigenvalue weighted by molar-refractivity contribution is -0.127. The van der Waals surface area contributed by atoms with Crippen LogP contribution in [0.5, 0.6) is 0 Å². The molecule has 0 saturated carbocycles. The van der Waals surface area contributed by atoms with Gasteiger partial charge in [-0.3, -0.25) is 24.5 Å². The van der Waals surface area contributed by atoms with Crippen LogP contribution in [0.1, 0.15) is 20.7 Å². The third-order valence-electron chi connectivity index (χ3n) is 4.60. The van der Waals surface area contributed by atoms with Crippen LogP contribution >= 0.6 is 23.2 Å². The lowest BCUT2D eigenvalue weighted by Gasteiger charge is -2.36. The van der Waals surface area contributed by atoms with Crippen LogP contribution in [0, 0.1) is 5.92 Å². The SMILES string of the molecule is CNC1(Cl)C(=O)C(C(=O)c2ccccc2)=C(Cl)C(=O)C1C(=O)c1ccccc1. The second-order valence-electron chi connectivity index (χ2n) is 6.20. The van der Waals surface area contributed by atoms with Gasteiger partial charge in [0.05, 0.1) is 10.6 Å². The molecule has 7 heteroatoms. The van der Waals surface area contributed by atoms with Crippen LogP contribution in [0.4, 0.5) is 0 Å². The number of allylic oxidation sites excluding steroid dienone is 1. The highest BCUT2D eigenvalue weighted by molar-refractivity contribution is 6.57. The van der Waals surface area contributed by atoms with Crippen LogP contribution < -0.4 is 5.32 Å². The highest BCUT2D eigenvalue weighted by Crippen LogP contribution is 2.39. The van der Waals surface area contributed by atoms with Crippen molar-refractivity contribution in [3.05, 3.63) is 82.4 Å². The number of hydrogen-bond donors (Lipinski definition) is 1. The van der Waals surface area contributed by atoms with Gasteiger partial charge >= 0.3 is 0 Å². The molecule has 0 radical (unpaired) electrons. The zero-order valence-corrected chi connectivity index (χ0v) is 16.3. The molecule has 1 N–H and O–H groups in total. The fourth-order valence-corrected chi connectivity index (χ4v) is 3.68. The molecule has 0 fully saturated rings. The summed E-state index contributed by atoms with van der Waals surface area (Å²) in [6.45, 7) is 0. The van der Waals surface area contributed by atoms with Crippen molar-refractivity contribution in [2.75, 3.05) is 7.05 Å². The summed E-state index contributed by atoms with van der Waals surface area (Å²) in [4.78, 5) is 49.8. The first kappa shape index (κ1) is 20.1. The number of likely N-dealkylation sites (N-methyl/N-ethyl adjacent to an activating group) is 1. The molecule has 0 saturated heterocycles. The molecule has 1 aliphatic rings. The molecule has 0 aromatic heterocycles. The summed E-state index contributed by atoms with van der Waals surface area (Å²) in [7, 11) is 1.34. The number of carbonyl (C=O) groups is 4. The maximum Gasteiger partial charge on any atom is 0.204 e. The van der Waals surface area contributed by atoms with Crippen LogP contribution in [-0.4, -0.2) is 35.2 Å². The highest BCUT2D eigenvalue weighted by Gasteiger charge is 2.57. The van der Waals surface area contributed by atoms with Crippen molar-refractivity contribution in [2.45, 2.75) is 5.00 Å². The minimum absolute atomic E-state index is 0.180. The summed E-state index contributed by atoms with van der Waals surface area (Å²) < 4.78 is 0. The highest BCUT2D eigenvalue weighted by atomic mass is 35.5. The van der Waals surface area contributed by atoms with Gasteiger partial charge in [-0.05, 0) is 7.05 Å². The first-order chi connectivity index (χ1) is 13.3. The molecule has 3 rings (SSSR count). The zero-order valence-electron chi connectivity index (χ0n) is 14.7. The van der Waals surface area contributed by atoms with Gasteiger partial charge in [0.25, 0.3) is 0 Å². The normalized spacial score (nSPS) is 22.3. The number of alkyl halides is 1. The number of ketones is 4. The van der Waals surface area contributed by atoms with Crippen molar-refractivity contribution < 1.29 is 19.2 Å². The number of benzene rings is 2. The minimum Gasteiger partial charge on any atom is -0.294 e. The minimum atomic E-state index is -2.12. The fourth-order valence-electron chi connectivity index (χ4n) is 3.11. The predicted octanol–water partition coefficient (Wildman–Crippen LogP) is 3.17. The van der Waals surface area contributed by atoms with E-state index in [-0.39, 0.29) is 11.1 Å². The molecule has 0 spiro atoms. The zero-order chi connectivity index (χ0) is 20.5. The molecular formula is C21H15Cl2NO4. The number of hydrogen-bond acceptors (Lipinski definition) is 5. The number of rotatable bonds is 5. The molecule has 5 nitrogen and oxygen atoms in total. The molecule has 0 heterocycles. The van der Waals surface area contributed by atoms with E-state index >= 15 is 0 Å². The number of halogens is 2. The third-order valence-corrected chi connectivity index (χ3v) is 5.55. The van der Waals surface area contributed by atoms with E-state index in [0.717, 1.165) is 0 Å². The summed E-state index contributed by atoms with van der Waals surface area (Å²) in [6, 6.07) is 15.9. The third kappa shape index (κ3) is 3.22. The maximum atomic E-state index is 13.1. The van der Waals surface area contributed by atoms with E-state index in [1.165, 1.54) is 31.3 Å². The van der Waals surface area contributed by atoms with Gasteiger partial charge in [-0.1, -0.05) is 83.9 Å². The monoisotopic (exact) mass is 415 g/mol. The van der Waals surface area contributed by atoms with Crippen molar-refractivity contribution in [2.24, 2.45) is 5.92 Å². The topological polar surface area (TPSA) is 80.3 Å². The van der Waals surface area contributed by atoms with Crippen LogP contribution in [0.25, 0.3) is 0 Å². The van der Waals surface area contributed by atoms with Crippen molar-refractivity contribution in [1.82, 2.24) is 5.32 Å². The smallest absolute Gasteiger partial charge is 0.204 e. The van der Waals surface area contributed by atoms with Crippen molar-refractivity contribution in [3.8, 4) is 0 Å². The van der Waals surface area contributed by atoms with Crippen LogP contribution in [0.15, 0.2) is 71.3 Å². The van der Waals surface area contributed by atoms with Crippen LogP contribution in [-0.2, 0) is 9.59 Å². The lowest BCUT2D eigenvalue weighted by Crippen LogP contribution is -2.60. The van der Waals surface area contributed by atoms with Gasteiger partial charge in [0.2, 0.25) is 5.78 Å². The van der Waals surface area contributed by atoms with Crippen LogP contribution in [0.3, 0.4) is 0 Å². The summed E-state index contributed by atoms with van der Waals surface area (Å²) >= 11 is 12.6. The Morgan fingerprint density at radius 3 is 1.93 bits per heavy atom. The summed E-state index contributed by atoms with van der Waals surface area (Å²) in [6.07, 6.45) is 0. The van der Waals surface area contributed by atoms with E-state index in [1.54, 1.807) is 36.4 Å². The fraction of sp³-hybridized carbons (Fsp3) is 0.143. The standard InChI is InChI=1S/C21H15Cl2NO4/c1-24-21(23)15(18(26)13-10-6-3-7-11-13)19(27)16(22)14(20(21)28)17(25)12-8-4-2-5-9-12/h2-11,15,24H,1H3. The van der Waals surface area contributed by atoms with E-state index in [2.05, 4.69) is 5.32 Å². The van der Waals surface area contributed by atoms with E-state index in [9.17, 15) is 19.2 Å². The van der Waals surface area contributed by atoms with E-state index in [1.807, 2.05) is 0 Å².